The molecule has 1 aromatic carbocycles. The fourth-order valence-corrected chi connectivity index (χ4v) is 2.53. The van der Waals surface area contributed by atoms with E-state index in [4.69, 9.17) is 39.8 Å². The van der Waals surface area contributed by atoms with Gasteiger partial charge in [0.15, 0.2) is 4.77 Å². The molecule has 3 aromatic rings. The van der Waals surface area contributed by atoms with Crippen molar-refractivity contribution >= 4 is 35.4 Å². The van der Waals surface area contributed by atoms with Gasteiger partial charge in [0.2, 0.25) is 0 Å². The number of aromatic nitrogens is 2. The summed E-state index contributed by atoms with van der Waals surface area (Å²) in [5.41, 5.74) is 1.88. The van der Waals surface area contributed by atoms with E-state index in [1.54, 1.807) is 12.3 Å². The van der Waals surface area contributed by atoms with Gasteiger partial charge in [-0.15, -0.1) is 0 Å². The molecule has 0 amide bonds. The number of furan rings is 1. The number of halogens is 2. The predicted octanol–water partition coefficient (Wildman–Crippen LogP) is 5.16. The molecule has 3 rings (SSSR count). The van der Waals surface area contributed by atoms with Gasteiger partial charge < -0.3 is 14.0 Å². The second-order valence-corrected chi connectivity index (χ2v) is 5.47. The molecule has 1 N–H and O–H groups in total. The second-order valence-electron chi connectivity index (χ2n) is 4.27. The Morgan fingerprint density at radius 1 is 1.20 bits per heavy atom. The molecule has 2 heterocycles. The van der Waals surface area contributed by atoms with Gasteiger partial charge in [-0.2, -0.15) is 0 Å². The number of nitrogens with one attached hydrogen (secondary N) is 1. The van der Waals surface area contributed by atoms with E-state index in [2.05, 4.69) is 4.98 Å². The first kappa shape index (κ1) is 13.5. The highest BCUT2D eigenvalue weighted by atomic mass is 35.5. The van der Waals surface area contributed by atoms with Gasteiger partial charge in [-0.1, -0.05) is 29.3 Å². The van der Waals surface area contributed by atoms with Gasteiger partial charge in [-0.3, -0.25) is 0 Å². The molecule has 0 unspecified atom stereocenters. The Morgan fingerprint density at radius 2 is 2.05 bits per heavy atom. The number of imidazole rings is 1. The molecule has 0 aliphatic carbocycles. The van der Waals surface area contributed by atoms with E-state index in [9.17, 15) is 0 Å². The molecule has 2 aromatic heterocycles. The normalized spacial score (nSPS) is 10.9. The molecule has 0 bridgehead atoms. The van der Waals surface area contributed by atoms with E-state index in [1.165, 1.54) is 0 Å². The maximum Gasteiger partial charge on any atom is 0.178 e. The maximum atomic E-state index is 6.07. The average molecular weight is 325 g/mol. The highest BCUT2D eigenvalue weighted by Crippen LogP contribution is 2.29. The van der Waals surface area contributed by atoms with E-state index >= 15 is 0 Å². The lowest BCUT2D eigenvalue weighted by atomic mass is 10.1. The topological polar surface area (TPSA) is 33.9 Å². The highest BCUT2D eigenvalue weighted by molar-refractivity contribution is 7.71. The molecule has 20 heavy (non-hydrogen) atoms. The first-order valence-corrected chi connectivity index (χ1v) is 7.07. The third-order valence-corrected chi connectivity index (χ3v) is 4.05. The lowest BCUT2D eigenvalue weighted by Gasteiger charge is -2.07. The summed E-state index contributed by atoms with van der Waals surface area (Å²) in [7, 11) is 0. The van der Waals surface area contributed by atoms with Crippen molar-refractivity contribution in [1.82, 2.24) is 9.55 Å². The fourth-order valence-electron chi connectivity index (χ4n) is 2.01. The summed E-state index contributed by atoms with van der Waals surface area (Å²) in [5, 5.41) is 1.04. The Morgan fingerprint density at radius 3 is 2.75 bits per heavy atom. The zero-order chi connectivity index (χ0) is 14.1. The summed E-state index contributed by atoms with van der Waals surface area (Å²) in [6.45, 7) is 0.560. The van der Waals surface area contributed by atoms with Crippen LogP contribution in [0.5, 0.6) is 0 Å². The van der Waals surface area contributed by atoms with Crippen molar-refractivity contribution in [2.75, 3.05) is 0 Å². The largest absolute Gasteiger partial charge is 0.467 e. The molecular formula is C14H10Cl2N2OS. The zero-order valence-corrected chi connectivity index (χ0v) is 12.6. The van der Waals surface area contributed by atoms with E-state index in [-0.39, 0.29) is 0 Å². The highest BCUT2D eigenvalue weighted by Gasteiger charge is 2.10. The van der Waals surface area contributed by atoms with Crippen LogP contribution in [0.1, 0.15) is 5.76 Å². The van der Waals surface area contributed by atoms with Gasteiger partial charge in [-0.05, 0) is 36.5 Å². The number of benzene rings is 1. The Labute approximate surface area is 130 Å². The van der Waals surface area contributed by atoms with Crippen molar-refractivity contribution in [2.45, 2.75) is 6.54 Å². The van der Waals surface area contributed by atoms with Crippen molar-refractivity contribution in [3.8, 4) is 11.3 Å². The van der Waals surface area contributed by atoms with Gasteiger partial charge in [0.05, 0.1) is 28.5 Å². The molecule has 0 aliphatic heterocycles. The van der Waals surface area contributed by atoms with Gasteiger partial charge in [0, 0.05) is 11.8 Å². The Bertz CT molecular complexity index is 790. The number of rotatable bonds is 3. The molecule has 3 nitrogen and oxygen atoms in total. The molecule has 102 valence electrons. The molecule has 0 spiro atoms. The molecule has 0 fully saturated rings. The summed E-state index contributed by atoms with van der Waals surface area (Å²) in [6, 6.07) is 9.26. The minimum absolute atomic E-state index is 0.515. The van der Waals surface area contributed by atoms with E-state index in [1.807, 2.05) is 35.0 Å². The quantitative estimate of drug-likeness (QED) is 0.675. The summed E-state index contributed by atoms with van der Waals surface area (Å²) in [5.74, 6) is 0.835. The third-order valence-electron chi connectivity index (χ3n) is 2.98. The molecule has 6 heteroatoms. The lowest BCUT2D eigenvalue weighted by Crippen LogP contribution is -2.01. The van der Waals surface area contributed by atoms with Crippen LogP contribution < -0.4 is 0 Å². The smallest absolute Gasteiger partial charge is 0.178 e. The number of H-pyrrole nitrogens is 1. The van der Waals surface area contributed by atoms with Crippen LogP contribution in [0.15, 0.2) is 47.2 Å². The number of hydrogen-bond donors (Lipinski definition) is 1. The number of nitrogens with zero attached hydrogens (tertiary/aromatic N) is 1. The van der Waals surface area contributed by atoms with Crippen LogP contribution in [0.2, 0.25) is 10.0 Å². The van der Waals surface area contributed by atoms with Crippen molar-refractivity contribution in [1.29, 1.82) is 0 Å². The van der Waals surface area contributed by atoms with E-state index < -0.39 is 0 Å². The summed E-state index contributed by atoms with van der Waals surface area (Å²) >= 11 is 17.3. The van der Waals surface area contributed by atoms with Crippen molar-refractivity contribution in [3.05, 3.63) is 63.4 Å². The van der Waals surface area contributed by atoms with Crippen molar-refractivity contribution in [2.24, 2.45) is 0 Å². The zero-order valence-electron chi connectivity index (χ0n) is 10.3. The Balaban J connectivity index is 2.06. The van der Waals surface area contributed by atoms with Gasteiger partial charge in [0.25, 0.3) is 0 Å². The minimum Gasteiger partial charge on any atom is -0.467 e. The van der Waals surface area contributed by atoms with Crippen LogP contribution in [0.4, 0.5) is 0 Å². The van der Waals surface area contributed by atoms with Crippen molar-refractivity contribution in [3.63, 3.8) is 0 Å². The Kier molecular flexibility index (Phi) is 3.70. The van der Waals surface area contributed by atoms with Crippen molar-refractivity contribution < 1.29 is 4.42 Å². The summed E-state index contributed by atoms with van der Waals surface area (Å²) in [6.07, 6.45) is 3.50. The number of hydrogen-bond acceptors (Lipinski definition) is 2. The third kappa shape index (κ3) is 2.54. The summed E-state index contributed by atoms with van der Waals surface area (Å²) < 4.78 is 7.95. The SMILES string of the molecule is S=c1[nH]cc(-c2ccc(Cl)c(Cl)c2)n1Cc1ccco1. The average Bonchev–Trinajstić information content (AvgIpc) is 3.05. The van der Waals surface area contributed by atoms with Gasteiger partial charge in [-0.25, -0.2) is 0 Å². The standard InChI is InChI=1S/C14H10Cl2N2OS/c15-11-4-3-9(6-12(11)16)13-7-17-14(20)18(13)8-10-2-1-5-19-10/h1-7H,8H2,(H,17,20). The first-order valence-electron chi connectivity index (χ1n) is 5.91. The molecule has 0 radical (unpaired) electrons. The predicted molar refractivity (Wildman–Crippen MR) is 82.9 cm³/mol. The molecule has 0 aliphatic rings. The van der Waals surface area contributed by atoms with Crippen LogP contribution in [0.3, 0.4) is 0 Å². The molecular weight excluding hydrogens is 315 g/mol. The Hall–Kier alpha value is -1.49. The van der Waals surface area contributed by atoms with Crippen LogP contribution in [-0.2, 0) is 6.54 Å². The fraction of sp³-hybridized carbons (Fsp3) is 0.0714. The molecule has 0 saturated carbocycles. The van der Waals surface area contributed by atoms with Gasteiger partial charge in [0.1, 0.15) is 5.76 Å². The minimum atomic E-state index is 0.515. The van der Waals surface area contributed by atoms with Crippen LogP contribution >= 0.6 is 35.4 Å². The van der Waals surface area contributed by atoms with E-state index in [0.29, 0.717) is 21.4 Å². The molecule has 0 atom stereocenters. The maximum absolute atomic E-state index is 6.07. The number of aromatic amines is 1. The molecule has 0 saturated heterocycles. The van der Waals surface area contributed by atoms with Crippen LogP contribution in [0.25, 0.3) is 11.3 Å². The summed E-state index contributed by atoms with van der Waals surface area (Å²) in [4.78, 5) is 3.04. The monoisotopic (exact) mass is 324 g/mol. The van der Waals surface area contributed by atoms with E-state index in [0.717, 1.165) is 17.0 Å². The van der Waals surface area contributed by atoms with Crippen LogP contribution in [0, 0.1) is 4.77 Å². The first-order chi connectivity index (χ1) is 9.65. The van der Waals surface area contributed by atoms with Crippen LogP contribution in [-0.4, -0.2) is 9.55 Å². The lowest BCUT2D eigenvalue weighted by molar-refractivity contribution is 0.493. The second kappa shape index (κ2) is 5.48. The van der Waals surface area contributed by atoms with Gasteiger partial charge >= 0.3 is 0 Å².